The summed E-state index contributed by atoms with van der Waals surface area (Å²) in [6.45, 7) is 0. The molecule has 0 unspecified atom stereocenters. The maximum atomic E-state index is 12.1. The van der Waals surface area contributed by atoms with E-state index in [2.05, 4.69) is 25.5 Å². The Balaban J connectivity index is 1.49. The highest BCUT2D eigenvalue weighted by Crippen LogP contribution is 2.26. The highest BCUT2D eigenvalue weighted by Gasteiger charge is 2.25. The number of non-ortho nitro benzene ring substituents is 1. The number of para-hydroxylation sites is 1. The van der Waals surface area contributed by atoms with Gasteiger partial charge in [-0.05, 0) is 11.6 Å². The smallest absolute Gasteiger partial charge is 0.275 e. The van der Waals surface area contributed by atoms with Crippen molar-refractivity contribution in [2.24, 2.45) is 4.99 Å². The van der Waals surface area contributed by atoms with Crippen molar-refractivity contribution < 1.29 is 9.72 Å². The first-order valence-corrected chi connectivity index (χ1v) is 8.87. The van der Waals surface area contributed by atoms with E-state index in [1.165, 1.54) is 23.9 Å². The molecule has 0 bridgehead atoms. The predicted molar refractivity (Wildman–Crippen MR) is 100 cm³/mol. The van der Waals surface area contributed by atoms with E-state index in [1.54, 1.807) is 24.3 Å². The number of nitro groups is 1. The molecule has 1 amide bonds. The number of nitro benzene ring substituents is 1. The van der Waals surface area contributed by atoms with Crippen molar-refractivity contribution in [1.29, 1.82) is 0 Å². The van der Waals surface area contributed by atoms with Crippen LogP contribution < -0.4 is 5.32 Å². The van der Waals surface area contributed by atoms with Crippen molar-refractivity contribution in [3.05, 3.63) is 69.8 Å². The number of thioether (sulfide) groups is 1. The maximum Gasteiger partial charge on any atom is 0.275 e. The molecule has 4 rings (SSSR count). The molecule has 27 heavy (non-hydrogen) atoms. The molecule has 1 aliphatic rings. The van der Waals surface area contributed by atoms with Crippen LogP contribution in [-0.4, -0.2) is 31.7 Å². The highest BCUT2D eigenvalue weighted by molar-refractivity contribution is 7.98. The van der Waals surface area contributed by atoms with Gasteiger partial charge in [0.05, 0.1) is 10.6 Å². The number of hydrogen-bond donors (Lipinski definition) is 2. The normalized spacial score (nSPS) is 14.2. The lowest BCUT2D eigenvalue weighted by atomic mass is 10.1. The third-order valence-corrected chi connectivity index (χ3v) is 4.72. The number of carbonyl (C=O) groups excluding carboxylic acids is 1. The van der Waals surface area contributed by atoms with Gasteiger partial charge in [-0.1, -0.05) is 42.1 Å². The lowest BCUT2D eigenvalue weighted by Crippen LogP contribution is -2.14. The van der Waals surface area contributed by atoms with Crippen LogP contribution in [0.5, 0.6) is 0 Å². The van der Waals surface area contributed by atoms with Crippen LogP contribution in [0.1, 0.15) is 11.1 Å². The number of H-pyrrole nitrogens is 1. The van der Waals surface area contributed by atoms with Gasteiger partial charge in [0.1, 0.15) is 5.71 Å². The molecule has 0 aliphatic carbocycles. The number of aromatic nitrogens is 3. The van der Waals surface area contributed by atoms with E-state index < -0.39 is 4.92 Å². The molecule has 2 N–H and O–H groups in total. The summed E-state index contributed by atoms with van der Waals surface area (Å²) < 4.78 is 0. The fourth-order valence-corrected chi connectivity index (χ4v) is 3.32. The summed E-state index contributed by atoms with van der Waals surface area (Å²) in [7, 11) is 0. The Hall–Kier alpha value is -3.53. The Kier molecular flexibility index (Phi) is 4.38. The second-order valence-corrected chi connectivity index (χ2v) is 6.56. The van der Waals surface area contributed by atoms with Gasteiger partial charge in [-0.2, -0.15) is 4.98 Å². The number of aromatic amines is 1. The lowest BCUT2D eigenvalue weighted by molar-refractivity contribution is -0.384. The molecule has 0 saturated heterocycles. The Morgan fingerprint density at radius 2 is 2.04 bits per heavy atom. The molecule has 0 radical (unpaired) electrons. The Morgan fingerprint density at radius 3 is 2.89 bits per heavy atom. The van der Waals surface area contributed by atoms with Crippen LogP contribution in [0.15, 0.2) is 58.7 Å². The number of hydrogen-bond acceptors (Lipinski definition) is 7. The van der Waals surface area contributed by atoms with Gasteiger partial charge >= 0.3 is 0 Å². The van der Waals surface area contributed by atoms with Gasteiger partial charge in [0.15, 0.2) is 0 Å². The molecule has 134 valence electrons. The molecule has 0 atom stereocenters. The van der Waals surface area contributed by atoms with E-state index in [1.807, 2.05) is 12.1 Å². The first-order valence-electron chi connectivity index (χ1n) is 7.88. The zero-order valence-corrected chi connectivity index (χ0v) is 14.6. The fourth-order valence-electron chi connectivity index (χ4n) is 2.58. The first kappa shape index (κ1) is 16.9. The van der Waals surface area contributed by atoms with E-state index in [-0.39, 0.29) is 23.3 Å². The minimum absolute atomic E-state index is 0.0427. The van der Waals surface area contributed by atoms with Gasteiger partial charge in [-0.3, -0.25) is 14.9 Å². The third-order valence-electron chi connectivity index (χ3n) is 3.81. The van der Waals surface area contributed by atoms with E-state index in [0.717, 1.165) is 5.56 Å². The zero-order chi connectivity index (χ0) is 18.8. The molecule has 0 saturated carbocycles. The largest absolute Gasteiger partial charge is 0.320 e. The zero-order valence-electron chi connectivity index (χ0n) is 13.7. The van der Waals surface area contributed by atoms with Crippen molar-refractivity contribution in [3.8, 4) is 0 Å². The van der Waals surface area contributed by atoms with Crippen LogP contribution in [0, 0.1) is 10.1 Å². The Morgan fingerprint density at radius 1 is 1.19 bits per heavy atom. The van der Waals surface area contributed by atoms with Crippen LogP contribution in [-0.2, 0) is 10.5 Å². The topological polar surface area (TPSA) is 126 Å². The minimum Gasteiger partial charge on any atom is -0.320 e. The summed E-state index contributed by atoms with van der Waals surface area (Å²) in [5.41, 5.74) is 2.53. The molecule has 1 aromatic heterocycles. The van der Waals surface area contributed by atoms with E-state index in [0.29, 0.717) is 22.2 Å². The van der Waals surface area contributed by atoms with Gasteiger partial charge in [-0.15, -0.1) is 5.10 Å². The molecule has 10 heteroatoms. The summed E-state index contributed by atoms with van der Waals surface area (Å²) in [6.07, 6.45) is 0. The number of aliphatic imine (C=N–C) groups is 1. The number of nitrogens with one attached hydrogen (secondary N) is 2. The van der Waals surface area contributed by atoms with Crippen LogP contribution in [0.3, 0.4) is 0 Å². The van der Waals surface area contributed by atoms with E-state index in [9.17, 15) is 14.9 Å². The summed E-state index contributed by atoms with van der Waals surface area (Å²) in [5, 5.41) is 20.8. The molecule has 2 aromatic carbocycles. The molecule has 9 nitrogen and oxygen atoms in total. The predicted octanol–water partition coefficient (Wildman–Crippen LogP) is 3.08. The number of carbonyl (C=O) groups is 1. The number of benzene rings is 2. The molecule has 3 aromatic rings. The second-order valence-electron chi connectivity index (χ2n) is 5.62. The minimum atomic E-state index is -0.431. The van der Waals surface area contributed by atoms with Crippen molar-refractivity contribution in [1.82, 2.24) is 15.2 Å². The fraction of sp³-hybridized carbons (Fsp3) is 0.0588. The summed E-state index contributed by atoms with van der Waals surface area (Å²) in [5.74, 6) is 0.399. The maximum absolute atomic E-state index is 12.1. The standard InChI is InChI=1S/C17H12N6O3S/c24-15-14(12-6-1-2-7-13(12)18-15)19-16-20-17(22-21-16)27-9-10-4-3-5-11(8-10)23(25)26/h1-8H,9H2,(H2,18,19,20,21,22,24). The molecular formula is C17H12N6O3S. The molecule has 1 aliphatic heterocycles. The van der Waals surface area contributed by atoms with Gasteiger partial charge < -0.3 is 5.32 Å². The van der Waals surface area contributed by atoms with Crippen molar-refractivity contribution in [2.45, 2.75) is 10.9 Å². The summed E-state index contributed by atoms with van der Waals surface area (Å²) in [6, 6.07) is 13.7. The number of amides is 1. The van der Waals surface area contributed by atoms with E-state index >= 15 is 0 Å². The molecular weight excluding hydrogens is 368 g/mol. The number of nitrogens with zero attached hydrogens (tertiary/aromatic N) is 4. The average molecular weight is 380 g/mol. The van der Waals surface area contributed by atoms with Crippen molar-refractivity contribution >= 4 is 40.7 Å². The molecule has 0 spiro atoms. The average Bonchev–Trinajstić information content (AvgIpc) is 3.25. The first-order chi connectivity index (χ1) is 13.1. The third kappa shape index (κ3) is 3.55. The monoisotopic (exact) mass is 380 g/mol. The van der Waals surface area contributed by atoms with Crippen LogP contribution >= 0.6 is 11.8 Å². The number of anilines is 1. The summed E-state index contributed by atoms with van der Waals surface area (Å²) in [4.78, 5) is 31.0. The van der Waals surface area contributed by atoms with Gasteiger partial charge in [0.25, 0.3) is 11.6 Å². The highest BCUT2D eigenvalue weighted by atomic mass is 32.2. The van der Waals surface area contributed by atoms with Crippen LogP contribution in [0.4, 0.5) is 17.3 Å². The summed E-state index contributed by atoms with van der Waals surface area (Å²) >= 11 is 1.31. The van der Waals surface area contributed by atoms with Crippen LogP contribution in [0.2, 0.25) is 0 Å². The van der Waals surface area contributed by atoms with Crippen molar-refractivity contribution in [2.75, 3.05) is 5.32 Å². The van der Waals surface area contributed by atoms with Gasteiger partial charge in [0, 0.05) is 23.4 Å². The van der Waals surface area contributed by atoms with E-state index in [4.69, 9.17) is 0 Å². The van der Waals surface area contributed by atoms with Crippen molar-refractivity contribution in [3.63, 3.8) is 0 Å². The quantitative estimate of drug-likeness (QED) is 0.398. The molecule has 2 heterocycles. The molecule has 0 fully saturated rings. The number of fused-ring (bicyclic) bond motifs is 1. The van der Waals surface area contributed by atoms with Gasteiger partial charge in [0.2, 0.25) is 11.1 Å². The van der Waals surface area contributed by atoms with Gasteiger partial charge in [-0.25, -0.2) is 10.1 Å². The van der Waals surface area contributed by atoms with Crippen LogP contribution in [0.25, 0.3) is 0 Å². The SMILES string of the molecule is O=C1Nc2ccccc2/C1=N/c1nc(SCc2cccc([N+](=O)[O-])c2)n[nH]1. The number of rotatable bonds is 5. The second kappa shape index (κ2) is 7.00. The lowest BCUT2D eigenvalue weighted by Gasteiger charge is -1.98. The Labute approximate surface area is 157 Å². The Bertz CT molecular complexity index is 1080.